The molecule has 0 amide bonds. The van der Waals surface area contributed by atoms with Crippen LogP contribution < -0.4 is 5.32 Å². The van der Waals surface area contributed by atoms with Crippen molar-refractivity contribution in [2.45, 2.75) is 11.8 Å². The van der Waals surface area contributed by atoms with Crippen molar-refractivity contribution in [3.8, 4) is 0 Å². The van der Waals surface area contributed by atoms with Gasteiger partial charge in [-0.2, -0.15) is 0 Å². The fraction of sp³-hybridized carbons (Fsp3) is 0.0800. The molecule has 0 saturated carbocycles. The smallest absolute Gasteiger partial charge is 0.157 e. The minimum atomic E-state index is -0.717. The molecule has 0 bridgehead atoms. The van der Waals surface area contributed by atoms with E-state index in [2.05, 4.69) is 83.1 Å². The maximum Gasteiger partial charge on any atom is 0.157 e. The summed E-state index contributed by atoms with van der Waals surface area (Å²) in [6.07, 6.45) is 3.32. The van der Waals surface area contributed by atoms with Gasteiger partial charge >= 0.3 is 0 Å². The Morgan fingerprint density at radius 3 is 2.00 bits per heavy atom. The van der Waals surface area contributed by atoms with Gasteiger partial charge in [0.05, 0.1) is 0 Å². The van der Waals surface area contributed by atoms with E-state index in [0.29, 0.717) is 0 Å². The molecule has 0 radical (unpaired) electrons. The zero-order valence-electron chi connectivity index (χ0n) is 15.3. The number of nitrogens with one attached hydrogen (secondary N) is 1. The van der Waals surface area contributed by atoms with Gasteiger partial charge in [0.25, 0.3) is 0 Å². The van der Waals surface area contributed by atoms with Crippen molar-refractivity contribution in [2.75, 3.05) is 5.32 Å². The first-order chi connectivity index (χ1) is 13.9. The number of pyridine rings is 1. The molecule has 2 heterocycles. The number of rotatable bonds is 3. The Morgan fingerprint density at radius 2 is 1.36 bits per heavy atom. The Balaban J connectivity index is 1.79. The van der Waals surface area contributed by atoms with Crippen molar-refractivity contribution in [1.29, 1.82) is 0 Å². The second-order valence-electron chi connectivity index (χ2n) is 6.89. The highest BCUT2D eigenvalue weighted by Gasteiger charge is 2.44. The summed E-state index contributed by atoms with van der Waals surface area (Å²) in [5.41, 5.74) is 4.65. The summed E-state index contributed by atoms with van der Waals surface area (Å²) in [5, 5.41) is 3.55. The first-order valence-corrected chi connectivity index (χ1v) is 9.43. The molecule has 3 heteroatoms. The Morgan fingerprint density at radius 1 is 0.714 bits per heavy atom. The first kappa shape index (κ1) is 16.7. The number of benzene rings is 3. The summed E-state index contributed by atoms with van der Waals surface area (Å²) in [4.78, 5) is 4.29. The third-order valence-electron chi connectivity index (χ3n) is 5.24. The molecule has 1 aliphatic heterocycles. The highest BCUT2D eigenvalue weighted by Crippen LogP contribution is 2.49. The highest BCUT2D eigenvalue weighted by molar-refractivity contribution is 5.63. The lowest BCUT2D eigenvalue weighted by molar-refractivity contribution is -0.0433. The lowest BCUT2D eigenvalue weighted by atomic mass is 9.78. The Labute approximate surface area is 164 Å². The van der Waals surface area contributed by atoms with Crippen molar-refractivity contribution in [2.24, 2.45) is 0 Å². The molecule has 1 atom stereocenters. The summed E-state index contributed by atoms with van der Waals surface area (Å²) in [6.45, 7) is 0. The number of aromatic nitrogens is 1. The van der Waals surface area contributed by atoms with Gasteiger partial charge in [0.1, 0.15) is 5.60 Å². The zero-order chi connectivity index (χ0) is 18.8. The van der Waals surface area contributed by atoms with Crippen LogP contribution in [0.3, 0.4) is 0 Å². The molecule has 28 heavy (non-hydrogen) atoms. The number of fused-ring (bicyclic) bond motifs is 1. The summed E-state index contributed by atoms with van der Waals surface area (Å²) >= 11 is 0. The first-order valence-electron chi connectivity index (χ1n) is 9.43. The SMILES string of the molecule is c1ccc(C2(c3ccccc3)O[C@H](c3cccnc3)Nc3ccccc32)cc1. The highest BCUT2D eigenvalue weighted by atomic mass is 16.5. The van der Waals surface area contributed by atoms with Crippen LogP contribution in [-0.4, -0.2) is 4.98 Å². The molecule has 1 aliphatic rings. The van der Waals surface area contributed by atoms with E-state index in [1.807, 2.05) is 30.5 Å². The van der Waals surface area contributed by atoms with Gasteiger partial charge in [-0.1, -0.05) is 84.9 Å². The molecule has 3 aromatic carbocycles. The molecule has 1 N–H and O–H groups in total. The molecule has 1 aromatic heterocycles. The molecule has 5 rings (SSSR count). The molecule has 0 aliphatic carbocycles. The largest absolute Gasteiger partial charge is 0.356 e. The number of hydrogen-bond acceptors (Lipinski definition) is 3. The van der Waals surface area contributed by atoms with Gasteiger partial charge in [-0.05, 0) is 23.3 Å². The summed E-state index contributed by atoms with van der Waals surface area (Å²) in [6, 6.07) is 33.2. The third kappa shape index (κ3) is 2.68. The molecule has 136 valence electrons. The predicted molar refractivity (Wildman–Crippen MR) is 111 cm³/mol. The topological polar surface area (TPSA) is 34.1 Å². The molecule has 0 spiro atoms. The Hall–Kier alpha value is -3.43. The van der Waals surface area contributed by atoms with Crippen molar-refractivity contribution < 1.29 is 4.74 Å². The molecular formula is C25H20N2O. The van der Waals surface area contributed by atoms with Crippen LogP contribution in [-0.2, 0) is 10.3 Å². The lowest BCUT2D eigenvalue weighted by Gasteiger charge is -2.44. The van der Waals surface area contributed by atoms with Crippen molar-refractivity contribution in [3.63, 3.8) is 0 Å². The maximum atomic E-state index is 6.91. The van der Waals surface area contributed by atoms with Crippen molar-refractivity contribution in [1.82, 2.24) is 4.98 Å². The zero-order valence-corrected chi connectivity index (χ0v) is 15.3. The molecule has 4 aromatic rings. The van der Waals surface area contributed by atoms with E-state index in [-0.39, 0.29) is 6.23 Å². The average Bonchev–Trinajstić information content (AvgIpc) is 2.80. The van der Waals surface area contributed by atoms with Gasteiger partial charge in [-0.15, -0.1) is 0 Å². The Bertz CT molecular complexity index is 1030. The number of ether oxygens (including phenoxy) is 1. The number of hydrogen-bond donors (Lipinski definition) is 1. The van der Waals surface area contributed by atoms with Gasteiger partial charge < -0.3 is 10.1 Å². The van der Waals surface area contributed by atoms with Crippen LogP contribution in [0.25, 0.3) is 0 Å². The standard InChI is InChI=1S/C25H20N2O/c1-3-11-20(12-4-1)25(21-13-5-2-6-14-21)22-15-7-8-16-23(22)27-24(28-25)19-10-9-17-26-18-19/h1-18,24,27H/t24-/m1/s1. The van der Waals surface area contributed by atoms with Crippen LogP contribution in [0.5, 0.6) is 0 Å². The van der Waals surface area contributed by atoms with Crippen LogP contribution in [0, 0.1) is 0 Å². The average molecular weight is 364 g/mol. The molecule has 0 fully saturated rings. The van der Waals surface area contributed by atoms with E-state index >= 15 is 0 Å². The molecular weight excluding hydrogens is 344 g/mol. The van der Waals surface area contributed by atoms with E-state index in [9.17, 15) is 0 Å². The monoisotopic (exact) mass is 364 g/mol. The van der Waals surface area contributed by atoms with Crippen LogP contribution in [0.4, 0.5) is 5.69 Å². The fourth-order valence-corrected chi connectivity index (χ4v) is 3.97. The van der Waals surface area contributed by atoms with Gasteiger partial charge in [-0.3, -0.25) is 4.98 Å². The third-order valence-corrected chi connectivity index (χ3v) is 5.24. The van der Waals surface area contributed by atoms with Gasteiger partial charge in [0.15, 0.2) is 6.23 Å². The normalized spacial score (nSPS) is 17.4. The van der Waals surface area contributed by atoms with Gasteiger partial charge in [0, 0.05) is 29.2 Å². The van der Waals surface area contributed by atoms with Gasteiger partial charge in [-0.25, -0.2) is 0 Å². The van der Waals surface area contributed by atoms with Crippen LogP contribution in [0.2, 0.25) is 0 Å². The minimum Gasteiger partial charge on any atom is -0.356 e. The van der Waals surface area contributed by atoms with Crippen LogP contribution in [0.1, 0.15) is 28.5 Å². The lowest BCUT2D eigenvalue weighted by Crippen LogP contribution is -2.40. The summed E-state index contributed by atoms with van der Waals surface area (Å²) in [7, 11) is 0. The molecule has 0 unspecified atom stereocenters. The van der Waals surface area contributed by atoms with E-state index in [1.54, 1.807) is 6.20 Å². The number of nitrogens with zero attached hydrogens (tertiary/aromatic N) is 1. The molecule has 0 saturated heterocycles. The van der Waals surface area contributed by atoms with E-state index in [0.717, 1.165) is 27.9 Å². The summed E-state index contributed by atoms with van der Waals surface area (Å²) < 4.78 is 6.91. The Kier molecular flexibility index (Phi) is 4.15. The van der Waals surface area contributed by atoms with E-state index in [4.69, 9.17) is 4.74 Å². The quantitative estimate of drug-likeness (QED) is 0.520. The van der Waals surface area contributed by atoms with Crippen molar-refractivity contribution in [3.05, 3.63) is 132 Å². The second-order valence-corrected chi connectivity index (χ2v) is 6.89. The van der Waals surface area contributed by atoms with E-state index in [1.165, 1.54) is 0 Å². The van der Waals surface area contributed by atoms with Crippen molar-refractivity contribution >= 4 is 5.69 Å². The summed E-state index contributed by atoms with van der Waals surface area (Å²) in [5.74, 6) is 0. The fourth-order valence-electron chi connectivity index (χ4n) is 3.97. The van der Waals surface area contributed by atoms with E-state index < -0.39 is 5.60 Å². The van der Waals surface area contributed by atoms with Crippen LogP contribution >= 0.6 is 0 Å². The minimum absolute atomic E-state index is 0.316. The second kappa shape index (κ2) is 6.95. The molecule has 3 nitrogen and oxygen atoms in total. The van der Waals surface area contributed by atoms with Crippen LogP contribution in [0.15, 0.2) is 109 Å². The predicted octanol–water partition coefficient (Wildman–Crippen LogP) is 5.51. The van der Waals surface area contributed by atoms with Gasteiger partial charge in [0.2, 0.25) is 0 Å². The number of anilines is 1. The number of para-hydroxylation sites is 1. The maximum absolute atomic E-state index is 6.91.